The highest BCUT2D eigenvalue weighted by Gasteiger charge is 2.09. The summed E-state index contributed by atoms with van der Waals surface area (Å²) in [5.74, 6) is -0.430. The number of hydrogen-bond acceptors (Lipinski definition) is 3. The summed E-state index contributed by atoms with van der Waals surface area (Å²) < 4.78 is 13.3. The molecule has 2 aromatic rings. The third-order valence-electron chi connectivity index (χ3n) is 3.02. The first kappa shape index (κ1) is 14.2. The van der Waals surface area contributed by atoms with E-state index in [0.717, 1.165) is 5.56 Å². The molecule has 102 valence electrons. The largest absolute Gasteiger partial charge is 0.394 e. The van der Waals surface area contributed by atoms with Crippen LogP contribution in [0.15, 0.2) is 48.5 Å². The quantitative estimate of drug-likeness (QED) is 0.877. The molecule has 0 saturated heterocycles. The molecule has 0 fully saturated rings. The number of halogens is 1. The predicted octanol–water partition coefficient (Wildman–Crippen LogP) is 2.52. The van der Waals surface area contributed by atoms with E-state index in [1.54, 1.807) is 6.07 Å². The normalized spacial score (nSPS) is 11.8. The highest BCUT2D eigenvalue weighted by Crippen LogP contribution is 2.14. The molecule has 0 aliphatic rings. The molecule has 0 spiro atoms. The molecule has 1 atom stereocenters. The number of nitrogens with one attached hydrogen (secondary N) is 1. The highest BCUT2D eigenvalue weighted by molar-refractivity contribution is 5.33. The summed E-state index contributed by atoms with van der Waals surface area (Å²) >= 11 is 0. The van der Waals surface area contributed by atoms with E-state index in [0.29, 0.717) is 17.7 Å². The Labute approximate surface area is 117 Å². The Kier molecular flexibility index (Phi) is 4.83. The number of rotatable bonds is 5. The Balaban J connectivity index is 2.07. The van der Waals surface area contributed by atoms with E-state index < -0.39 is 5.82 Å². The second kappa shape index (κ2) is 6.80. The van der Waals surface area contributed by atoms with Crippen LogP contribution in [0.4, 0.5) is 4.39 Å². The number of aliphatic hydroxyl groups is 1. The molecule has 20 heavy (non-hydrogen) atoms. The maximum atomic E-state index is 13.3. The average molecular weight is 270 g/mol. The molecule has 0 amide bonds. The van der Waals surface area contributed by atoms with E-state index in [4.69, 9.17) is 5.26 Å². The van der Waals surface area contributed by atoms with Crippen molar-refractivity contribution in [2.24, 2.45) is 0 Å². The van der Waals surface area contributed by atoms with Crippen LogP contribution in [-0.2, 0) is 6.54 Å². The number of nitrogens with zero attached hydrogens (tertiary/aromatic N) is 1. The van der Waals surface area contributed by atoms with Crippen LogP contribution in [0.1, 0.15) is 22.7 Å². The fourth-order valence-electron chi connectivity index (χ4n) is 2.03. The molecule has 0 heterocycles. The third kappa shape index (κ3) is 3.64. The summed E-state index contributed by atoms with van der Waals surface area (Å²) in [6.07, 6.45) is 0. The van der Waals surface area contributed by atoms with Crippen molar-refractivity contribution in [1.82, 2.24) is 5.32 Å². The van der Waals surface area contributed by atoms with Gasteiger partial charge in [0.2, 0.25) is 0 Å². The van der Waals surface area contributed by atoms with Crippen LogP contribution in [0.3, 0.4) is 0 Å². The molecule has 2 aromatic carbocycles. The van der Waals surface area contributed by atoms with Gasteiger partial charge in [-0.15, -0.1) is 0 Å². The van der Waals surface area contributed by atoms with E-state index in [-0.39, 0.29) is 12.6 Å². The maximum Gasteiger partial charge on any atom is 0.124 e. The number of aliphatic hydroxyl groups excluding tert-OH is 1. The van der Waals surface area contributed by atoms with Crippen LogP contribution in [-0.4, -0.2) is 11.7 Å². The lowest BCUT2D eigenvalue weighted by molar-refractivity contribution is 0.243. The Morgan fingerprint density at radius 3 is 2.60 bits per heavy atom. The number of nitriles is 1. The Morgan fingerprint density at radius 1 is 1.20 bits per heavy atom. The van der Waals surface area contributed by atoms with Gasteiger partial charge in [-0.2, -0.15) is 5.26 Å². The zero-order chi connectivity index (χ0) is 14.4. The van der Waals surface area contributed by atoms with Crippen molar-refractivity contribution in [1.29, 1.82) is 5.26 Å². The molecule has 1 unspecified atom stereocenters. The SMILES string of the molecule is N#Cc1cc(F)cc(CNC(CO)c2ccccc2)c1. The third-order valence-corrected chi connectivity index (χ3v) is 3.02. The summed E-state index contributed by atoms with van der Waals surface area (Å²) in [6.45, 7) is 0.330. The summed E-state index contributed by atoms with van der Waals surface area (Å²) in [5, 5.41) is 21.4. The van der Waals surface area contributed by atoms with Crippen molar-refractivity contribution < 1.29 is 9.50 Å². The van der Waals surface area contributed by atoms with Crippen LogP contribution in [0.25, 0.3) is 0 Å². The molecular weight excluding hydrogens is 255 g/mol. The molecule has 2 N–H and O–H groups in total. The number of hydrogen-bond donors (Lipinski definition) is 2. The van der Waals surface area contributed by atoms with Gasteiger partial charge in [-0.1, -0.05) is 30.3 Å². The zero-order valence-corrected chi connectivity index (χ0v) is 10.9. The Morgan fingerprint density at radius 2 is 1.95 bits per heavy atom. The van der Waals surface area contributed by atoms with Gasteiger partial charge in [-0.05, 0) is 29.3 Å². The van der Waals surface area contributed by atoms with Crippen LogP contribution < -0.4 is 5.32 Å². The van der Waals surface area contributed by atoms with Crippen molar-refractivity contribution in [3.63, 3.8) is 0 Å². The molecule has 0 radical (unpaired) electrons. The van der Waals surface area contributed by atoms with Gasteiger partial charge in [0.25, 0.3) is 0 Å². The van der Waals surface area contributed by atoms with Crippen molar-refractivity contribution in [3.05, 3.63) is 71.0 Å². The van der Waals surface area contributed by atoms with Gasteiger partial charge >= 0.3 is 0 Å². The first-order chi connectivity index (χ1) is 9.72. The molecule has 4 heteroatoms. The lowest BCUT2D eigenvalue weighted by Crippen LogP contribution is -2.24. The van der Waals surface area contributed by atoms with Crippen LogP contribution in [0.2, 0.25) is 0 Å². The fraction of sp³-hybridized carbons (Fsp3) is 0.188. The highest BCUT2D eigenvalue weighted by atomic mass is 19.1. The minimum absolute atomic E-state index is 0.0512. The van der Waals surface area contributed by atoms with Crippen LogP contribution in [0, 0.1) is 17.1 Å². The number of benzene rings is 2. The van der Waals surface area contributed by atoms with E-state index in [1.807, 2.05) is 36.4 Å². The minimum Gasteiger partial charge on any atom is -0.394 e. The van der Waals surface area contributed by atoms with Gasteiger partial charge in [0.05, 0.1) is 24.3 Å². The molecule has 0 aliphatic carbocycles. The monoisotopic (exact) mass is 270 g/mol. The average Bonchev–Trinajstić information content (AvgIpc) is 2.48. The van der Waals surface area contributed by atoms with E-state index in [2.05, 4.69) is 5.32 Å². The second-order valence-corrected chi connectivity index (χ2v) is 4.49. The first-order valence-corrected chi connectivity index (χ1v) is 6.31. The second-order valence-electron chi connectivity index (χ2n) is 4.49. The summed E-state index contributed by atoms with van der Waals surface area (Å²) in [7, 11) is 0. The molecule has 0 aromatic heterocycles. The van der Waals surface area contributed by atoms with Crippen molar-refractivity contribution in [2.45, 2.75) is 12.6 Å². The van der Waals surface area contributed by atoms with Gasteiger partial charge in [0.1, 0.15) is 5.82 Å². The van der Waals surface area contributed by atoms with Gasteiger partial charge in [-0.3, -0.25) is 0 Å². The van der Waals surface area contributed by atoms with Gasteiger partial charge < -0.3 is 10.4 Å². The lowest BCUT2D eigenvalue weighted by Gasteiger charge is -2.16. The predicted molar refractivity (Wildman–Crippen MR) is 74.2 cm³/mol. The van der Waals surface area contributed by atoms with E-state index in [1.165, 1.54) is 12.1 Å². The van der Waals surface area contributed by atoms with Crippen molar-refractivity contribution in [2.75, 3.05) is 6.61 Å². The molecule has 2 rings (SSSR count). The van der Waals surface area contributed by atoms with Gasteiger partial charge in [0, 0.05) is 6.54 Å². The molecule has 0 saturated carbocycles. The van der Waals surface area contributed by atoms with E-state index in [9.17, 15) is 9.50 Å². The minimum atomic E-state index is -0.430. The maximum absolute atomic E-state index is 13.3. The molecule has 0 bridgehead atoms. The topological polar surface area (TPSA) is 56.0 Å². The van der Waals surface area contributed by atoms with Crippen molar-refractivity contribution >= 4 is 0 Å². The molecule has 0 aliphatic heterocycles. The van der Waals surface area contributed by atoms with Gasteiger partial charge in [-0.25, -0.2) is 4.39 Å². The van der Waals surface area contributed by atoms with Crippen LogP contribution >= 0.6 is 0 Å². The smallest absolute Gasteiger partial charge is 0.124 e. The van der Waals surface area contributed by atoms with Crippen LogP contribution in [0.5, 0.6) is 0 Å². The first-order valence-electron chi connectivity index (χ1n) is 6.31. The van der Waals surface area contributed by atoms with E-state index >= 15 is 0 Å². The fourth-order valence-corrected chi connectivity index (χ4v) is 2.03. The Bertz CT molecular complexity index is 608. The summed E-state index contributed by atoms with van der Waals surface area (Å²) in [4.78, 5) is 0. The molecular formula is C16H15FN2O. The summed E-state index contributed by atoms with van der Waals surface area (Å²) in [5.41, 5.74) is 1.94. The van der Waals surface area contributed by atoms with Crippen molar-refractivity contribution in [3.8, 4) is 6.07 Å². The lowest BCUT2D eigenvalue weighted by atomic mass is 10.1. The standard InChI is InChI=1S/C16H15FN2O/c17-15-7-12(9-18)6-13(8-15)10-19-16(11-20)14-4-2-1-3-5-14/h1-8,16,19-20H,10-11H2. The van der Waals surface area contributed by atoms with Gasteiger partial charge in [0.15, 0.2) is 0 Å². The molecule has 3 nitrogen and oxygen atoms in total. The Hall–Kier alpha value is -2.22. The summed E-state index contributed by atoms with van der Waals surface area (Å²) in [6, 6.07) is 15.5. The zero-order valence-electron chi connectivity index (χ0n) is 10.9.